The Hall–Kier alpha value is -1.46. The first-order valence-corrected chi connectivity index (χ1v) is 4.97. The van der Waals surface area contributed by atoms with Crippen LogP contribution in [0, 0.1) is 0 Å². The Balaban J connectivity index is 3.27. The van der Waals surface area contributed by atoms with Crippen LogP contribution >= 0.6 is 0 Å². The van der Waals surface area contributed by atoms with Crippen molar-refractivity contribution in [2.75, 3.05) is 23.7 Å². The number of hydrogen-bond acceptors (Lipinski definition) is 3. The lowest BCUT2D eigenvalue weighted by Gasteiger charge is -2.23. The minimum absolute atomic E-state index is 0.0169. The van der Waals surface area contributed by atoms with Gasteiger partial charge in [0.05, 0.1) is 11.9 Å². The molecule has 1 aromatic heterocycles. The number of nitrogen functional groups attached to an aromatic ring is 1. The Labute approximate surface area is 92.1 Å². The molecule has 6 heteroatoms. The van der Waals surface area contributed by atoms with E-state index in [0.717, 1.165) is 6.07 Å². The Kier molecular flexibility index (Phi) is 3.62. The van der Waals surface area contributed by atoms with E-state index in [-0.39, 0.29) is 11.5 Å². The highest BCUT2D eigenvalue weighted by Crippen LogP contribution is 2.36. The molecular formula is C10H14F3N3. The highest BCUT2D eigenvalue weighted by Gasteiger charge is 2.35. The zero-order chi connectivity index (χ0) is 12.3. The van der Waals surface area contributed by atoms with Crippen molar-refractivity contribution >= 4 is 11.5 Å². The van der Waals surface area contributed by atoms with Crippen LogP contribution in [0.1, 0.15) is 19.4 Å². The number of hydrogen-bond donors (Lipinski definition) is 1. The molecule has 0 saturated carbocycles. The summed E-state index contributed by atoms with van der Waals surface area (Å²) in [7, 11) is 0. The second-order valence-electron chi connectivity index (χ2n) is 3.31. The lowest BCUT2D eigenvalue weighted by molar-refractivity contribution is -0.137. The fraction of sp³-hybridized carbons (Fsp3) is 0.500. The maximum Gasteiger partial charge on any atom is 0.420 e. The molecule has 2 N–H and O–H groups in total. The number of rotatable bonds is 3. The summed E-state index contributed by atoms with van der Waals surface area (Å²) in [6.07, 6.45) is -3.19. The molecule has 16 heavy (non-hydrogen) atoms. The van der Waals surface area contributed by atoms with E-state index in [1.807, 2.05) is 0 Å². The van der Waals surface area contributed by atoms with E-state index in [9.17, 15) is 13.2 Å². The van der Waals surface area contributed by atoms with E-state index in [4.69, 9.17) is 5.73 Å². The normalized spacial score (nSPS) is 11.6. The van der Waals surface area contributed by atoms with Crippen LogP contribution in [0.4, 0.5) is 24.7 Å². The first-order chi connectivity index (χ1) is 7.40. The molecule has 3 nitrogen and oxygen atoms in total. The SMILES string of the molecule is CCN(CC)c1ncc(N)cc1C(F)(F)F. The van der Waals surface area contributed by atoms with Gasteiger partial charge in [-0.2, -0.15) is 13.2 Å². The third-order valence-corrected chi connectivity index (χ3v) is 2.26. The van der Waals surface area contributed by atoms with E-state index in [0.29, 0.717) is 13.1 Å². The predicted molar refractivity (Wildman–Crippen MR) is 57.2 cm³/mol. The van der Waals surface area contributed by atoms with Gasteiger partial charge in [-0.15, -0.1) is 0 Å². The van der Waals surface area contributed by atoms with Crippen LogP contribution < -0.4 is 10.6 Å². The summed E-state index contributed by atoms with van der Waals surface area (Å²) in [5.41, 5.74) is 4.56. The van der Waals surface area contributed by atoms with E-state index < -0.39 is 11.7 Å². The summed E-state index contributed by atoms with van der Waals surface area (Å²) in [4.78, 5) is 5.31. The number of alkyl halides is 3. The van der Waals surface area contributed by atoms with Crippen molar-refractivity contribution < 1.29 is 13.2 Å². The van der Waals surface area contributed by atoms with Crippen molar-refractivity contribution in [3.8, 4) is 0 Å². The van der Waals surface area contributed by atoms with E-state index in [1.54, 1.807) is 18.7 Å². The zero-order valence-electron chi connectivity index (χ0n) is 9.17. The van der Waals surface area contributed by atoms with Gasteiger partial charge in [-0.1, -0.05) is 0 Å². The molecule has 0 spiro atoms. The summed E-state index contributed by atoms with van der Waals surface area (Å²) in [6, 6.07) is 0.917. The fourth-order valence-electron chi connectivity index (χ4n) is 1.46. The average Bonchev–Trinajstić information content (AvgIpc) is 2.20. The molecule has 0 atom stereocenters. The average molecular weight is 233 g/mol. The molecule has 0 radical (unpaired) electrons. The summed E-state index contributed by atoms with van der Waals surface area (Å²) in [5, 5.41) is 0. The van der Waals surface area contributed by atoms with Crippen molar-refractivity contribution in [1.82, 2.24) is 4.98 Å². The standard InChI is InChI=1S/C10H14F3N3/c1-3-16(4-2)9-8(10(11,12)13)5-7(14)6-15-9/h5-6H,3-4,14H2,1-2H3. The Morgan fingerprint density at radius 1 is 1.31 bits per heavy atom. The number of pyridine rings is 1. The van der Waals surface area contributed by atoms with Gasteiger partial charge in [0, 0.05) is 13.1 Å². The van der Waals surface area contributed by atoms with Crippen LogP contribution in [-0.4, -0.2) is 18.1 Å². The molecule has 0 aliphatic carbocycles. The fourth-order valence-corrected chi connectivity index (χ4v) is 1.46. The summed E-state index contributed by atoms with van der Waals surface area (Å²) >= 11 is 0. The smallest absolute Gasteiger partial charge is 0.397 e. The third kappa shape index (κ3) is 2.56. The number of anilines is 2. The number of aromatic nitrogens is 1. The molecule has 0 aromatic carbocycles. The van der Waals surface area contributed by atoms with Crippen LogP contribution in [-0.2, 0) is 6.18 Å². The third-order valence-electron chi connectivity index (χ3n) is 2.26. The predicted octanol–water partition coefficient (Wildman–Crippen LogP) is 2.53. The first kappa shape index (κ1) is 12.6. The molecule has 90 valence electrons. The van der Waals surface area contributed by atoms with Crippen LogP contribution in [0.2, 0.25) is 0 Å². The lowest BCUT2D eigenvalue weighted by atomic mass is 10.2. The molecule has 0 amide bonds. The monoisotopic (exact) mass is 233 g/mol. The minimum atomic E-state index is -4.43. The van der Waals surface area contributed by atoms with Crippen molar-refractivity contribution in [3.63, 3.8) is 0 Å². The van der Waals surface area contributed by atoms with Crippen molar-refractivity contribution in [2.45, 2.75) is 20.0 Å². The number of nitrogens with zero attached hydrogens (tertiary/aromatic N) is 2. The first-order valence-electron chi connectivity index (χ1n) is 4.97. The summed E-state index contributed by atoms with van der Waals surface area (Å²) < 4.78 is 38.2. The van der Waals surface area contributed by atoms with Gasteiger partial charge in [0.2, 0.25) is 0 Å². The molecular weight excluding hydrogens is 219 g/mol. The molecule has 0 unspecified atom stereocenters. The Bertz CT molecular complexity index is 359. The molecule has 1 rings (SSSR count). The maximum atomic E-state index is 12.7. The highest BCUT2D eigenvalue weighted by atomic mass is 19.4. The maximum absolute atomic E-state index is 12.7. The quantitative estimate of drug-likeness (QED) is 0.872. The van der Waals surface area contributed by atoms with E-state index in [2.05, 4.69) is 4.98 Å². The van der Waals surface area contributed by atoms with Gasteiger partial charge in [-0.3, -0.25) is 0 Å². The zero-order valence-corrected chi connectivity index (χ0v) is 9.17. The number of nitrogens with two attached hydrogens (primary N) is 1. The van der Waals surface area contributed by atoms with Crippen LogP contribution in [0.3, 0.4) is 0 Å². The van der Waals surface area contributed by atoms with E-state index in [1.165, 1.54) is 6.20 Å². The van der Waals surface area contributed by atoms with Crippen LogP contribution in [0.5, 0.6) is 0 Å². The van der Waals surface area contributed by atoms with Gasteiger partial charge in [-0.25, -0.2) is 4.98 Å². The minimum Gasteiger partial charge on any atom is -0.397 e. The summed E-state index contributed by atoms with van der Waals surface area (Å²) in [6.45, 7) is 4.50. The number of halogens is 3. The second-order valence-corrected chi connectivity index (χ2v) is 3.31. The molecule has 1 heterocycles. The topological polar surface area (TPSA) is 42.2 Å². The molecule has 0 aliphatic rings. The molecule has 1 aromatic rings. The summed E-state index contributed by atoms with van der Waals surface area (Å²) in [5.74, 6) is -0.0632. The van der Waals surface area contributed by atoms with E-state index >= 15 is 0 Å². The molecule has 0 saturated heterocycles. The van der Waals surface area contributed by atoms with Crippen molar-refractivity contribution in [3.05, 3.63) is 17.8 Å². The van der Waals surface area contributed by atoms with Crippen molar-refractivity contribution in [1.29, 1.82) is 0 Å². The molecule has 0 aliphatic heterocycles. The Morgan fingerprint density at radius 2 is 1.88 bits per heavy atom. The van der Waals surface area contributed by atoms with Crippen molar-refractivity contribution in [2.24, 2.45) is 0 Å². The second kappa shape index (κ2) is 4.59. The van der Waals surface area contributed by atoms with Gasteiger partial charge in [0.15, 0.2) is 0 Å². The highest BCUT2D eigenvalue weighted by molar-refractivity contribution is 5.54. The van der Waals surface area contributed by atoms with Gasteiger partial charge in [0.1, 0.15) is 11.4 Å². The lowest BCUT2D eigenvalue weighted by Crippen LogP contribution is -2.26. The van der Waals surface area contributed by atoms with Crippen LogP contribution in [0.15, 0.2) is 12.3 Å². The largest absolute Gasteiger partial charge is 0.420 e. The van der Waals surface area contributed by atoms with Crippen LogP contribution in [0.25, 0.3) is 0 Å². The van der Waals surface area contributed by atoms with Gasteiger partial charge >= 0.3 is 6.18 Å². The molecule has 0 fully saturated rings. The van der Waals surface area contributed by atoms with Gasteiger partial charge < -0.3 is 10.6 Å². The Morgan fingerprint density at radius 3 is 2.31 bits per heavy atom. The van der Waals surface area contributed by atoms with Gasteiger partial charge in [0.25, 0.3) is 0 Å². The van der Waals surface area contributed by atoms with Gasteiger partial charge in [-0.05, 0) is 19.9 Å². The molecule has 0 bridgehead atoms.